The Morgan fingerprint density at radius 3 is 2.85 bits per heavy atom. The Balaban J connectivity index is 2.02. The van der Waals surface area contributed by atoms with Gasteiger partial charge in [-0.3, -0.25) is 9.69 Å². The molecule has 0 aromatic carbocycles. The summed E-state index contributed by atoms with van der Waals surface area (Å²) in [6.45, 7) is 4.16. The molecule has 20 heavy (non-hydrogen) atoms. The van der Waals surface area contributed by atoms with E-state index in [-0.39, 0.29) is 12.1 Å². The van der Waals surface area contributed by atoms with Gasteiger partial charge in [-0.25, -0.2) is 4.79 Å². The first kappa shape index (κ1) is 15.3. The van der Waals surface area contributed by atoms with Crippen molar-refractivity contribution in [3.05, 3.63) is 0 Å². The average molecular weight is 281 g/mol. The van der Waals surface area contributed by atoms with Gasteiger partial charge in [-0.15, -0.1) is 0 Å². The SMILES string of the molecule is CCCN1CC(NC(=O)N(C)C)C[C@@H]2CC(=O)CC[C@H]21. The largest absolute Gasteiger partial charge is 0.334 e. The van der Waals surface area contributed by atoms with E-state index in [4.69, 9.17) is 0 Å². The molecule has 2 fully saturated rings. The van der Waals surface area contributed by atoms with Gasteiger partial charge >= 0.3 is 6.03 Å². The minimum absolute atomic E-state index is 0.0352. The van der Waals surface area contributed by atoms with Crippen molar-refractivity contribution < 1.29 is 9.59 Å². The van der Waals surface area contributed by atoms with Gasteiger partial charge in [-0.1, -0.05) is 6.92 Å². The Hall–Kier alpha value is -1.10. The standard InChI is InChI=1S/C15H27N3O2/c1-4-7-18-10-12(16-15(20)17(2)3)8-11-9-13(19)5-6-14(11)18/h11-12,14H,4-10H2,1-3H3,(H,16,20)/t11-,12?,14-/m1/s1. The van der Waals surface area contributed by atoms with Gasteiger partial charge in [0.25, 0.3) is 0 Å². The molecular weight excluding hydrogens is 254 g/mol. The number of fused-ring (bicyclic) bond motifs is 1. The number of likely N-dealkylation sites (tertiary alicyclic amines) is 1. The molecule has 1 N–H and O–H groups in total. The third-order valence-corrected chi connectivity index (χ3v) is 4.51. The Morgan fingerprint density at radius 1 is 1.45 bits per heavy atom. The van der Waals surface area contributed by atoms with Crippen molar-refractivity contribution >= 4 is 11.8 Å². The molecule has 0 radical (unpaired) electrons. The van der Waals surface area contributed by atoms with Crippen LogP contribution in [0.15, 0.2) is 0 Å². The molecule has 0 aromatic rings. The summed E-state index contributed by atoms with van der Waals surface area (Å²) < 4.78 is 0. The van der Waals surface area contributed by atoms with Crippen molar-refractivity contribution in [2.45, 2.75) is 51.1 Å². The van der Waals surface area contributed by atoms with Gasteiger partial charge in [0.1, 0.15) is 5.78 Å². The zero-order valence-electron chi connectivity index (χ0n) is 12.9. The summed E-state index contributed by atoms with van der Waals surface area (Å²) in [4.78, 5) is 27.6. The molecular formula is C15H27N3O2. The van der Waals surface area contributed by atoms with E-state index in [1.54, 1.807) is 19.0 Å². The maximum Gasteiger partial charge on any atom is 0.317 e. The number of piperidine rings is 1. The topological polar surface area (TPSA) is 52.7 Å². The lowest BCUT2D eigenvalue weighted by Crippen LogP contribution is -2.58. The van der Waals surface area contributed by atoms with Crippen molar-refractivity contribution in [3.8, 4) is 0 Å². The molecule has 5 heteroatoms. The molecule has 0 aromatic heterocycles. The third-order valence-electron chi connectivity index (χ3n) is 4.51. The van der Waals surface area contributed by atoms with Crippen LogP contribution >= 0.6 is 0 Å². The molecule has 3 atom stereocenters. The van der Waals surface area contributed by atoms with Crippen LogP contribution in [-0.4, -0.2) is 60.9 Å². The number of amides is 2. The van der Waals surface area contributed by atoms with Gasteiger partial charge in [0, 0.05) is 45.6 Å². The van der Waals surface area contributed by atoms with Crippen molar-refractivity contribution in [2.24, 2.45) is 5.92 Å². The van der Waals surface area contributed by atoms with Gasteiger partial charge in [-0.05, 0) is 31.7 Å². The number of ketones is 1. The predicted octanol–water partition coefficient (Wildman–Crippen LogP) is 1.48. The predicted molar refractivity (Wildman–Crippen MR) is 78.6 cm³/mol. The van der Waals surface area contributed by atoms with Crippen molar-refractivity contribution in [1.82, 2.24) is 15.1 Å². The smallest absolute Gasteiger partial charge is 0.317 e. The highest BCUT2D eigenvalue weighted by Crippen LogP contribution is 2.34. The van der Waals surface area contributed by atoms with E-state index in [9.17, 15) is 9.59 Å². The summed E-state index contributed by atoms with van der Waals surface area (Å²) in [5.74, 6) is 0.811. The maximum atomic E-state index is 11.8. The van der Waals surface area contributed by atoms with Crippen LogP contribution in [0.2, 0.25) is 0 Å². The lowest BCUT2D eigenvalue weighted by molar-refractivity contribution is -0.124. The molecule has 2 rings (SSSR count). The number of Topliss-reactive ketones (excluding diaryl/α,β-unsaturated/α-hetero) is 1. The van der Waals surface area contributed by atoms with E-state index in [0.29, 0.717) is 24.2 Å². The molecule has 114 valence electrons. The quantitative estimate of drug-likeness (QED) is 0.852. The average Bonchev–Trinajstić information content (AvgIpc) is 2.38. The van der Waals surface area contributed by atoms with Crippen LogP contribution in [0, 0.1) is 5.92 Å². The first-order chi connectivity index (χ1) is 9.51. The summed E-state index contributed by atoms with van der Waals surface area (Å²) in [5, 5.41) is 3.09. The summed E-state index contributed by atoms with van der Waals surface area (Å²) in [7, 11) is 3.52. The molecule has 1 aliphatic heterocycles. The number of carbonyl (C=O) groups excluding carboxylic acids is 2. The Bertz CT molecular complexity index is 370. The van der Waals surface area contributed by atoms with Crippen molar-refractivity contribution in [3.63, 3.8) is 0 Å². The number of hydrogen-bond acceptors (Lipinski definition) is 3. The summed E-state index contributed by atoms with van der Waals surface area (Å²) >= 11 is 0. The minimum Gasteiger partial charge on any atom is -0.334 e. The van der Waals surface area contributed by atoms with Gasteiger partial charge in [0.15, 0.2) is 0 Å². The second kappa shape index (κ2) is 6.57. The fraction of sp³-hybridized carbons (Fsp3) is 0.867. The maximum absolute atomic E-state index is 11.8. The molecule has 1 unspecified atom stereocenters. The van der Waals surface area contributed by atoms with Crippen LogP contribution in [0.3, 0.4) is 0 Å². The van der Waals surface area contributed by atoms with E-state index in [2.05, 4.69) is 17.1 Å². The highest BCUT2D eigenvalue weighted by atomic mass is 16.2. The van der Waals surface area contributed by atoms with Crippen LogP contribution in [-0.2, 0) is 4.79 Å². The van der Waals surface area contributed by atoms with Crippen LogP contribution in [0.1, 0.15) is 39.0 Å². The zero-order valence-corrected chi connectivity index (χ0v) is 12.9. The summed E-state index contributed by atoms with van der Waals surface area (Å²) in [6, 6.07) is 0.677. The number of hydrogen-bond donors (Lipinski definition) is 1. The highest BCUT2D eigenvalue weighted by Gasteiger charge is 2.39. The molecule has 5 nitrogen and oxygen atoms in total. The van der Waals surface area contributed by atoms with Crippen LogP contribution in [0.4, 0.5) is 4.79 Å². The number of nitrogens with one attached hydrogen (secondary N) is 1. The summed E-state index contributed by atoms with van der Waals surface area (Å²) in [6.07, 6.45) is 4.48. The fourth-order valence-electron chi connectivity index (χ4n) is 3.61. The normalized spacial score (nSPS) is 30.8. The number of urea groups is 1. The Morgan fingerprint density at radius 2 is 2.20 bits per heavy atom. The van der Waals surface area contributed by atoms with E-state index in [0.717, 1.165) is 38.8 Å². The molecule has 1 aliphatic carbocycles. The second-order valence-corrected chi connectivity index (χ2v) is 6.38. The minimum atomic E-state index is -0.0352. The zero-order chi connectivity index (χ0) is 14.7. The molecule has 2 amide bonds. The van der Waals surface area contributed by atoms with Gasteiger partial charge in [0.2, 0.25) is 0 Å². The van der Waals surface area contributed by atoms with E-state index in [1.165, 1.54) is 0 Å². The lowest BCUT2D eigenvalue weighted by atomic mass is 9.76. The third kappa shape index (κ3) is 3.51. The summed E-state index contributed by atoms with van der Waals surface area (Å²) in [5.41, 5.74) is 0. The molecule has 2 aliphatic rings. The van der Waals surface area contributed by atoms with Gasteiger partial charge in [-0.2, -0.15) is 0 Å². The Labute approximate surface area is 121 Å². The number of carbonyl (C=O) groups is 2. The van der Waals surface area contributed by atoms with Crippen LogP contribution in [0.25, 0.3) is 0 Å². The second-order valence-electron chi connectivity index (χ2n) is 6.38. The van der Waals surface area contributed by atoms with E-state index in [1.807, 2.05) is 0 Å². The molecule has 1 saturated carbocycles. The van der Waals surface area contributed by atoms with Gasteiger partial charge < -0.3 is 10.2 Å². The Kier molecular flexibility index (Phi) is 5.02. The molecule has 0 spiro atoms. The fourth-order valence-corrected chi connectivity index (χ4v) is 3.61. The first-order valence-electron chi connectivity index (χ1n) is 7.74. The molecule has 1 saturated heterocycles. The van der Waals surface area contributed by atoms with Crippen molar-refractivity contribution in [1.29, 1.82) is 0 Å². The first-order valence-corrected chi connectivity index (χ1v) is 7.74. The molecule has 0 bridgehead atoms. The van der Waals surface area contributed by atoms with E-state index >= 15 is 0 Å². The number of rotatable bonds is 3. The van der Waals surface area contributed by atoms with Crippen LogP contribution in [0.5, 0.6) is 0 Å². The highest BCUT2D eigenvalue weighted by molar-refractivity contribution is 5.79. The monoisotopic (exact) mass is 281 g/mol. The van der Waals surface area contributed by atoms with Crippen LogP contribution < -0.4 is 5.32 Å². The lowest BCUT2D eigenvalue weighted by Gasteiger charge is -2.47. The van der Waals surface area contributed by atoms with Gasteiger partial charge in [0.05, 0.1) is 0 Å². The molecule has 1 heterocycles. The van der Waals surface area contributed by atoms with E-state index < -0.39 is 0 Å². The van der Waals surface area contributed by atoms with Crippen molar-refractivity contribution in [2.75, 3.05) is 27.2 Å². The number of nitrogens with zero attached hydrogens (tertiary/aromatic N) is 2.